The van der Waals surface area contributed by atoms with Gasteiger partial charge in [-0.25, -0.2) is 0 Å². The zero-order chi connectivity index (χ0) is 23.8. The second-order valence-corrected chi connectivity index (χ2v) is 9.44. The summed E-state index contributed by atoms with van der Waals surface area (Å²) in [5.41, 5.74) is 18.7. The number of nitrogens with two attached hydrogens (primary N) is 1. The van der Waals surface area contributed by atoms with Crippen LogP contribution in [0.5, 0.6) is 0 Å². The molecule has 3 heteroatoms. The fourth-order valence-electron chi connectivity index (χ4n) is 3.92. The monoisotopic (exact) mass is 433 g/mol. The third-order valence-electron chi connectivity index (χ3n) is 6.57. The van der Waals surface area contributed by atoms with Gasteiger partial charge in [-0.15, -0.1) is 0 Å². The number of benzene rings is 1. The molecule has 1 aromatic carbocycles. The summed E-state index contributed by atoms with van der Waals surface area (Å²) in [7, 11) is 0. The molecule has 0 aromatic heterocycles. The summed E-state index contributed by atoms with van der Waals surface area (Å²) >= 11 is 0. The molecule has 0 amide bonds. The number of anilines is 1. The highest BCUT2D eigenvalue weighted by Crippen LogP contribution is 2.33. The van der Waals surface area contributed by atoms with Crippen LogP contribution < -0.4 is 11.1 Å². The van der Waals surface area contributed by atoms with Crippen molar-refractivity contribution in [2.75, 3.05) is 18.8 Å². The van der Waals surface area contributed by atoms with Crippen LogP contribution in [0.4, 0.5) is 5.69 Å². The van der Waals surface area contributed by atoms with Gasteiger partial charge in [0.25, 0.3) is 0 Å². The first-order chi connectivity index (χ1) is 15.1. The molecule has 3 nitrogen and oxygen atoms in total. The van der Waals surface area contributed by atoms with Gasteiger partial charge in [0, 0.05) is 42.2 Å². The molecule has 1 aromatic rings. The first-order valence-electron chi connectivity index (χ1n) is 12.0. The molecule has 0 fully saturated rings. The first kappa shape index (κ1) is 25.7. The lowest BCUT2D eigenvalue weighted by atomic mass is 9.89. The topological polar surface area (TPSA) is 50.4 Å². The number of aliphatic imine (C=N–C) groups is 1. The average Bonchev–Trinajstić information content (AvgIpc) is 2.82. The lowest BCUT2D eigenvalue weighted by Gasteiger charge is -2.21. The number of hydrogen-bond acceptors (Lipinski definition) is 3. The summed E-state index contributed by atoms with van der Waals surface area (Å²) in [5, 5.41) is 3.73. The van der Waals surface area contributed by atoms with E-state index in [4.69, 9.17) is 10.7 Å². The Morgan fingerprint density at radius 3 is 2.53 bits per heavy atom. The molecule has 174 valence electrons. The van der Waals surface area contributed by atoms with E-state index in [0.29, 0.717) is 5.92 Å². The summed E-state index contributed by atoms with van der Waals surface area (Å²) < 4.78 is 0. The molecule has 32 heavy (non-hydrogen) atoms. The number of nitrogens with one attached hydrogen (secondary N) is 1. The predicted molar refractivity (Wildman–Crippen MR) is 144 cm³/mol. The Hall–Kier alpha value is -2.55. The minimum atomic E-state index is 0.362. The number of rotatable bonds is 6. The third kappa shape index (κ3) is 6.98. The van der Waals surface area contributed by atoms with E-state index in [0.717, 1.165) is 38.0 Å². The molecule has 1 unspecified atom stereocenters. The fraction of sp³-hybridized carbons (Fsp3) is 0.483. The molecule has 0 saturated heterocycles. The van der Waals surface area contributed by atoms with Crippen molar-refractivity contribution in [2.45, 2.75) is 74.7 Å². The minimum absolute atomic E-state index is 0.362. The van der Waals surface area contributed by atoms with E-state index >= 15 is 0 Å². The van der Waals surface area contributed by atoms with Crippen LogP contribution in [0.15, 0.2) is 57.6 Å². The molecule has 1 heterocycles. The smallest absolute Gasteiger partial charge is 0.0426 e. The summed E-state index contributed by atoms with van der Waals surface area (Å²) in [6.07, 6.45) is 7.71. The van der Waals surface area contributed by atoms with Gasteiger partial charge in [0.1, 0.15) is 0 Å². The molecule has 0 radical (unpaired) electrons. The van der Waals surface area contributed by atoms with Gasteiger partial charge in [0.05, 0.1) is 0 Å². The Kier molecular flexibility index (Phi) is 9.56. The van der Waals surface area contributed by atoms with Crippen LogP contribution >= 0.6 is 0 Å². The molecule has 0 aliphatic carbocycles. The lowest BCUT2D eigenvalue weighted by molar-refractivity contribution is 0.845. The van der Waals surface area contributed by atoms with Crippen LogP contribution in [0.2, 0.25) is 0 Å². The maximum Gasteiger partial charge on any atom is 0.0426 e. The predicted octanol–water partition coefficient (Wildman–Crippen LogP) is 7.58. The van der Waals surface area contributed by atoms with Crippen LogP contribution in [0.25, 0.3) is 11.3 Å². The molecule has 2 rings (SSSR count). The number of allylic oxidation sites excluding steroid dienone is 6. The van der Waals surface area contributed by atoms with Gasteiger partial charge in [-0.05, 0) is 89.1 Å². The zero-order valence-electron chi connectivity index (χ0n) is 21.5. The maximum absolute atomic E-state index is 6.30. The van der Waals surface area contributed by atoms with Gasteiger partial charge in [0.15, 0.2) is 0 Å². The van der Waals surface area contributed by atoms with E-state index in [1.807, 2.05) is 6.07 Å². The largest absolute Gasteiger partial charge is 0.399 e. The summed E-state index contributed by atoms with van der Waals surface area (Å²) in [4.78, 5) is 4.71. The molecule has 1 aliphatic rings. The first-order valence-corrected chi connectivity index (χ1v) is 12.0. The van der Waals surface area contributed by atoms with Crippen LogP contribution in [0.1, 0.15) is 85.8 Å². The van der Waals surface area contributed by atoms with E-state index in [1.165, 1.54) is 50.4 Å². The molecule has 0 spiro atoms. The van der Waals surface area contributed by atoms with Gasteiger partial charge in [-0.1, -0.05) is 48.8 Å². The molecule has 0 bridgehead atoms. The Bertz CT molecular complexity index is 966. The Morgan fingerprint density at radius 2 is 1.88 bits per heavy atom. The van der Waals surface area contributed by atoms with Crippen molar-refractivity contribution in [1.82, 2.24) is 5.32 Å². The van der Waals surface area contributed by atoms with E-state index in [-0.39, 0.29) is 0 Å². The lowest BCUT2D eigenvalue weighted by Crippen LogP contribution is -2.18. The van der Waals surface area contributed by atoms with Crippen LogP contribution in [-0.4, -0.2) is 18.8 Å². The van der Waals surface area contributed by atoms with Crippen molar-refractivity contribution in [3.63, 3.8) is 0 Å². The highest BCUT2D eigenvalue weighted by Gasteiger charge is 2.16. The summed E-state index contributed by atoms with van der Waals surface area (Å²) in [5.74, 6) is 0.362. The standard InChI is InChI=1S/C29H43N3/c1-9-20(4)16-25(17-22(6)24(8)19(2)3)27-11-10-26(30)18-28(27)29-21(5)12-14-31-23(7)13-15-32-29/h10-11,16-18,22,32H,9,12-15,30H2,1-8H3/b20-16+,25-17+,29-21+,31-23?. The van der Waals surface area contributed by atoms with Crippen molar-refractivity contribution in [1.29, 1.82) is 0 Å². The van der Waals surface area contributed by atoms with Gasteiger partial charge >= 0.3 is 0 Å². The Morgan fingerprint density at radius 1 is 1.16 bits per heavy atom. The fourth-order valence-corrected chi connectivity index (χ4v) is 3.92. The molecule has 1 atom stereocenters. The quantitative estimate of drug-likeness (QED) is 0.276. The van der Waals surface area contributed by atoms with Crippen molar-refractivity contribution in [3.8, 4) is 0 Å². The van der Waals surface area contributed by atoms with E-state index in [2.05, 4.69) is 85.0 Å². The second-order valence-electron chi connectivity index (χ2n) is 9.44. The Balaban J connectivity index is 2.69. The number of nitrogen functional groups attached to an aromatic ring is 1. The van der Waals surface area contributed by atoms with Crippen LogP contribution in [0, 0.1) is 5.92 Å². The molecular formula is C29H43N3. The maximum atomic E-state index is 6.30. The summed E-state index contributed by atoms with van der Waals surface area (Å²) in [6, 6.07) is 6.35. The van der Waals surface area contributed by atoms with Crippen molar-refractivity contribution in [2.24, 2.45) is 10.9 Å². The number of hydrogen-bond donors (Lipinski definition) is 2. The van der Waals surface area contributed by atoms with Gasteiger partial charge < -0.3 is 11.1 Å². The van der Waals surface area contributed by atoms with Crippen molar-refractivity contribution in [3.05, 3.63) is 63.8 Å². The van der Waals surface area contributed by atoms with Crippen molar-refractivity contribution < 1.29 is 0 Å². The SMILES string of the molecule is CC/C(C)=C/C(=C\C(C)C(C)=C(C)C)c1ccc(N)cc1/C1=C(/C)CCN=C(C)CCN1. The molecule has 1 aliphatic heterocycles. The third-order valence-corrected chi connectivity index (χ3v) is 6.57. The molecule has 0 saturated carbocycles. The highest BCUT2D eigenvalue weighted by atomic mass is 14.9. The van der Waals surface area contributed by atoms with Crippen molar-refractivity contribution >= 4 is 22.7 Å². The average molecular weight is 434 g/mol. The summed E-state index contributed by atoms with van der Waals surface area (Å²) in [6.45, 7) is 19.4. The Labute approximate surface area is 196 Å². The van der Waals surface area contributed by atoms with E-state index in [9.17, 15) is 0 Å². The minimum Gasteiger partial charge on any atom is -0.399 e. The van der Waals surface area contributed by atoms with E-state index in [1.54, 1.807) is 0 Å². The van der Waals surface area contributed by atoms with E-state index < -0.39 is 0 Å². The van der Waals surface area contributed by atoms with Gasteiger partial charge in [0.2, 0.25) is 0 Å². The normalized spacial score (nSPS) is 19.3. The molecular weight excluding hydrogens is 390 g/mol. The van der Waals surface area contributed by atoms with Gasteiger partial charge in [-0.3, -0.25) is 4.99 Å². The molecule has 3 N–H and O–H groups in total. The highest BCUT2D eigenvalue weighted by molar-refractivity contribution is 5.87. The zero-order valence-corrected chi connectivity index (χ0v) is 21.5. The second kappa shape index (κ2) is 11.9. The van der Waals surface area contributed by atoms with Crippen LogP contribution in [-0.2, 0) is 0 Å². The van der Waals surface area contributed by atoms with Crippen LogP contribution in [0.3, 0.4) is 0 Å². The van der Waals surface area contributed by atoms with Gasteiger partial charge in [-0.2, -0.15) is 0 Å². The number of nitrogens with zero attached hydrogens (tertiary/aromatic N) is 1.